The standard InChI is InChI=1S/C15H23N3O2/c1-13-5-3-4-6-14(13)20-12-7-15(19)16-18-10-8-17(2)9-11-18/h3-6H,7-12H2,1-2H3,(H,16,19). The van der Waals surface area contributed by atoms with Crippen molar-refractivity contribution >= 4 is 5.91 Å². The van der Waals surface area contributed by atoms with Crippen molar-refractivity contribution < 1.29 is 9.53 Å². The predicted octanol–water partition coefficient (Wildman–Crippen LogP) is 1.04. The van der Waals surface area contributed by atoms with Crippen LogP contribution in [0.2, 0.25) is 0 Å². The van der Waals surface area contributed by atoms with Crippen molar-refractivity contribution in [1.82, 2.24) is 15.3 Å². The Hall–Kier alpha value is -1.59. The second-order valence-corrected chi connectivity index (χ2v) is 5.19. The minimum absolute atomic E-state index is 0.0168. The molecule has 1 amide bonds. The molecule has 110 valence electrons. The smallest absolute Gasteiger partial charge is 0.237 e. The van der Waals surface area contributed by atoms with E-state index in [0.717, 1.165) is 37.5 Å². The molecule has 1 aromatic carbocycles. The van der Waals surface area contributed by atoms with Gasteiger partial charge in [0.05, 0.1) is 13.0 Å². The third-order valence-corrected chi connectivity index (χ3v) is 3.47. The van der Waals surface area contributed by atoms with Crippen LogP contribution in [0.25, 0.3) is 0 Å². The van der Waals surface area contributed by atoms with E-state index in [1.165, 1.54) is 0 Å². The molecule has 20 heavy (non-hydrogen) atoms. The summed E-state index contributed by atoms with van der Waals surface area (Å²) in [4.78, 5) is 14.1. The highest BCUT2D eigenvalue weighted by Gasteiger charge is 2.15. The van der Waals surface area contributed by atoms with Gasteiger partial charge in [-0.1, -0.05) is 18.2 Å². The summed E-state index contributed by atoms with van der Waals surface area (Å²) in [6.07, 6.45) is 0.376. The summed E-state index contributed by atoms with van der Waals surface area (Å²) < 4.78 is 5.63. The summed E-state index contributed by atoms with van der Waals surface area (Å²) in [7, 11) is 2.09. The highest BCUT2D eigenvalue weighted by atomic mass is 16.5. The van der Waals surface area contributed by atoms with Crippen molar-refractivity contribution in [2.24, 2.45) is 0 Å². The number of benzene rings is 1. The first kappa shape index (κ1) is 14.8. The van der Waals surface area contributed by atoms with Gasteiger partial charge >= 0.3 is 0 Å². The minimum atomic E-state index is 0.0168. The topological polar surface area (TPSA) is 44.8 Å². The molecule has 1 aliphatic rings. The lowest BCUT2D eigenvalue weighted by molar-refractivity contribution is -0.127. The van der Waals surface area contributed by atoms with Crippen LogP contribution in [-0.2, 0) is 4.79 Å². The number of rotatable bonds is 5. The molecule has 0 unspecified atom stereocenters. The normalized spacial score (nSPS) is 16.9. The second-order valence-electron chi connectivity index (χ2n) is 5.19. The van der Waals surface area contributed by atoms with Gasteiger partial charge in [0.1, 0.15) is 5.75 Å². The van der Waals surface area contributed by atoms with E-state index in [0.29, 0.717) is 13.0 Å². The molecule has 0 radical (unpaired) electrons. The van der Waals surface area contributed by atoms with Crippen LogP contribution in [-0.4, -0.2) is 55.6 Å². The van der Waals surface area contributed by atoms with Gasteiger partial charge in [-0.2, -0.15) is 0 Å². The number of nitrogens with one attached hydrogen (secondary N) is 1. The van der Waals surface area contributed by atoms with Crippen LogP contribution in [0.3, 0.4) is 0 Å². The molecule has 5 heteroatoms. The number of para-hydroxylation sites is 1. The van der Waals surface area contributed by atoms with Gasteiger partial charge in [0, 0.05) is 26.2 Å². The van der Waals surface area contributed by atoms with E-state index in [4.69, 9.17) is 4.74 Å². The number of hydrazine groups is 1. The Labute approximate surface area is 120 Å². The first-order valence-electron chi connectivity index (χ1n) is 7.06. The largest absolute Gasteiger partial charge is 0.493 e. The molecule has 1 heterocycles. The lowest BCUT2D eigenvalue weighted by Gasteiger charge is -2.32. The first-order valence-corrected chi connectivity index (χ1v) is 7.06. The zero-order chi connectivity index (χ0) is 14.4. The molecule has 0 aromatic heterocycles. The number of nitrogens with zero attached hydrogens (tertiary/aromatic N) is 2. The lowest BCUT2D eigenvalue weighted by atomic mass is 10.2. The van der Waals surface area contributed by atoms with E-state index >= 15 is 0 Å². The number of ether oxygens (including phenoxy) is 1. The maximum absolute atomic E-state index is 11.8. The molecule has 0 bridgehead atoms. The number of aryl methyl sites for hydroxylation is 1. The third kappa shape index (κ3) is 4.51. The average Bonchev–Trinajstić information content (AvgIpc) is 2.43. The van der Waals surface area contributed by atoms with Gasteiger partial charge in [0.25, 0.3) is 0 Å². The summed E-state index contributed by atoms with van der Waals surface area (Å²) in [5, 5.41) is 1.98. The summed E-state index contributed by atoms with van der Waals surface area (Å²) in [6, 6.07) is 7.84. The number of piperazine rings is 1. The maximum Gasteiger partial charge on any atom is 0.237 e. The highest BCUT2D eigenvalue weighted by Crippen LogP contribution is 2.16. The average molecular weight is 277 g/mol. The molecule has 5 nitrogen and oxygen atoms in total. The Bertz CT molecular complexity index is 442. The quantitative estimate of drug-likeness (QED) is 0.873. The minimum Gasteiger partial charge on any atom is -0.493 e. The summed E-state index contributed by atoms with van der Waals surface area (Å²) >= 11 is 0. The zero-order valence-corrected chi connectivity index (χ0v) is 12.3. The first-order chi connectivity index (χ1) is 9.65. The van der Waals surface area contributed by atoms with Crippen molar-refractivity contribution in [3.8, 4) is 5.75 Å². The zero-order valence-electron chi connectivity index (χ0n) is 12.3. The summed E-state index contributed by atoms with van der Waals surface area (Å²) in [5.41, 5.74) is 4.02. The Balaban J connectivity index is 1.67. The van der Waals surface area contributed by atoms with Gasteiger partial charge < -0.3 is 9.64 Å². The molecular weight excluding hydrogens is 254 g/mol. The van der Waals surface area contributed by atoms with Crippen LogP contribution in [0.15, 0.2) is 24.3 Å². The van der Waals surface area contributed by atoms with Crippen LogP contribution < -0.4 is 10.2 Å². The number of likely N-dealkylation sites (N-methyl/N-ethyl adjacent to an activating group) is 1. The number of carbonyl (C=O) groups is 1. The van der Waals surface area contributed by atoms with Gasteiger partial charge in [0.2, 0.25) is 5.91 Å². The molecule has 0 spiro atoms. The Morgan fingerprint density at radius 2 is 1.95 bits per heavy atom. The van der Waals surface area contributed by atoms with Gasteiger partial charge in [-0.15, -0.1) is 0 Å². The van der Waals surface area contributed by atoms with Crippen LogP contribution >= 0.6 is 0 Å². The van der Waals surface area contributed by atoms with Crippen molar-refractivity contribution in [3.63, 3.8) is 0 Å². The van der Waals surface area contributed by atoms with E-state index in [1.807, 2.05) is 36.2 Å². The predicted molar refractivity (Wildman–Crippen MR) is 78.5 cm³/mol. The molecule has 0 atom stereocenters. The van der Waals surface area contributed by atoms with E-state index < -0.39 is 0 Å². The van der Waals surface area contributed by atoms with Gasteiger partial charge in [-0.3, -0.25) is 10.2 Å². The molecule has 1 fully saturated rings. The van der Waals surface area contributed by atoms with Crippen molar-refractivity contribution in [2.75, 3.05) is 39.8 Å². The van der Waals surface area contributed by atoms with E-state index in [-0.39, 0.29) is 5.91 Å². The molecule has 0 aliphatic carbocycles. The van der Waals surface area contributed by atoms with Gasteiger partial charge in [-0.25, -0.2) is 5.01 Å². The fraction of sp³-hybridized carbons (Fsp3) is 0.533. The number of hydrogen-bond donors (Lipinski definition) is 1. The third-order valence-electron chi connectivity index (χ3n) is 3.47. The SMILES string of the molecule is Cc1ccccc1OCCC(=O)NN1CCN(C)CC1. The van der Waals surface area contributed by atoms with E-state index in [1.54, 1.807) is 0 Å². The molecule has 2 rings (SSSR count). The van der Waals surface area contributed by atoms with Crippen LogP contribution in [0.1, 0.15) is 12.0 Å². The Morgan fingerprint density at radius 3 is 2.65 bits per heavy atom. The van der Waals surface area contributed by atoms with E-state index in [9.17, 15) is 4.79 Å². The Morgan fingerprint density at radius 1 is 1.25 bits per heavy atom. The van der Waals surface area contributed by atoms with Gasteiger partial charge in [-0.05, 0) is 25.6 Å². The fourth-order valence-corrected chi connectivity index (χ4v) is 2.12. The van der Waals surface area contributed by atoms with Crippen LogP contribution in [0.4, 0.5) is 0 Å². The highest BCUT2D eigenvalue weighted by molar-refractivity contribution is 5.75. The summed E-state index contributed by atoms with van der Waals surface area (Å²) in [5.74, 6) is 0.864. The number of carbonyl (C=O) groups excluding carboxylic acids is 1. The lowest BCUT2D eigenvalue weighted by Crippen LogP contribution is -2.52. The molecule has 1 saturated heterocycles. The van der Waals surface area contributed by atoms with Crippen LogP contribution in [0, 0.1) is 6.92 Å². The molecule has 1 aromatic rings. The molecule has 1 aliphatic heterocycles. The van der Waals surface area contributed by atoms with Gasteiger partial charge in [0.15, 0.2) is 0 Å². The summed E-state index contributed by atoms with van der Waals surface area (Å²) in [6.45, 7) is 6.13. The molecule has 1 N–H and O–H groups in total. The molecule has 0 saturated carbocycles. The maximum atomic E-state index is 11.8. The Kier molecular flexibility index (Phi) is 5.38. The monoisotopic (exact) mass is 277 g/mol. The number of amides is 1. The van der Waals surface area contributed by atoms with Crippen LogP contribution in [0.5, 0.6) is 5.75 Å². The van der Waals surface area contributed by atoms with Crippen molar-refractivity contribution in [2.45, 2.75) is 13.3 Å². The number of hydrogen-bond acceptors (Lipinski definition) is 4. The van der Waals surface area contributed by atoms with E-state index in [2.05, 4.69) is 17.4 Å². The second kappa shape index (κ2) is 7.26. The molecular formula is C15H23N3O2. The fourth-order valence-electron chi connectivity index (χ4n) is 2.12. The van der Waals surface area contributed by atoms with Crippen molar-refractivity contribution in [1.29, 1.82) is 0 Å². The van der Waals surface area contributed by atoms with Crippen molar-refractivity contribution in [3.05, 3.63) is 29.8 Å².